The Morgan fingerprint density at radius 2 is 2.25 bits per heavy atom. The van der Waals surface area contributed by atoms with Gasteiger partial charge >= 0.3 is 0 Å². The SMILES string of the molecule is Cc1sc2ncn(CC(=O)Nc3cn[nH]c3C3CC3)c(=O)c2c1C. The average Bonchev–Trinajstić information content (AvgIpc) is 3.22. The summed E-state index contributed by atoms with van der Waals surface area (Å²) in [5, 5.41) is 10.4. The molecule has 0 spiro atoms. The van der Waals surface area contributed by atoms with Crippen molar-refractivity contribution in [2.24, 2.45) is 0 Å². The van der Waals surface area contributed by atoms with Gasteiger partial charge in [0, 0.05) is 10.8 Å². The molecule has 1 aliphatic rings. The van der Waals surface area contributed by atoms with E-state index in [-0.39, 0.29) is 18.0 Å². The molecule has 0 aliphatic heterocycles. The molecule has 124 valence electrons. The maximum atomic E-state index is 12.6. The van der Waals surface area contributed by atoms with Crippen molar-refractivity contribution in [3.8, 4) is 0 Å². The van der Waals surface area contributed by atoms with Gasteiger partial charge in [0.25, 0.3) is 5.56 Å². The van der Waals surface area contributed by atoms with Crippen LogP contribution in [0, 0.1) is 13.8 Å². The number of aromatic nitrogens is 4. The van der Waals surface area contributed by atoms with Gasteiger partial charge in [-0.25, -0.2) is 4.98 Å². The van der Waals surface area contributed by atoms with Crippen molar-refractivity contribution in [1.29, 1.82) is 0 Å². The summed E-state index contributed by atoms with van der Waals surface area (Å²) in [5.41, 5.74) is 2.43. The summed E-state index contributed by atoms with van der Waals surface area (Å²) in [7, 11) is 0. The first-order valence-corrected chi connectivity index (χ1v) is 8.64. The fourth-order valence-corrected chi connectivity index (χ4v) is 3.79. The van der Waals surface area contributed by atoms with Crippen molar-refractivity contribution in [3.05, 3.63) is 39.0 Å². The highest BCUT2D eigenvalue weighted by atomic mass is 32.1. The van der Waals surface area contributed by atoms with Crippen LogP contribution in [0.5, 0.6) is 0 Å². The van der Waals surface area contributed by atoms with Crippen molar-refractivity contribution in [2.45, 2.75) is 39.2 Å². The fraction of sp³-hybridized carbons (Fsp3) is 0.375. The van der Waals surface area contributed by atoms with E-state index in [4.69, 9.17) is 0 Å². The minimum Gasteiger partial charge on any atom is -0.322 e. The molecule has 0 aromatic carbocycles. The van der Waals surface area contributed by atoms with Gasteiger partial charge in [-0.2, -0.15) is 5.10 Å². The Morgan fingerprint density at radius 3 is 3.00 bits per heavy atom. The van der Waals surface area contributed by atoms with Gasteiger partial charge in [0.05, 0.1) is 29.3 Å². The van der Waals surface area contributed by atoms with Gasteiger partial charge < -0.3 is 5.32 Å². The van der Waals surface area contributed by atoms with E-state index in [0.29, 0.717) is 17.0 Å². The molecule has 0 unspecified atom stereocenters. The van der Waals surface area contributed by atoms with Crippen LogP contribution in [0.3, 0.4) is 0 Å². The Morgan fingerprint density at radius 1 is 1.46 bits per heavy atom. The maximum Gasteiger partial charge on any atom is 0.262 e. The number of nitrogens with zero attached hydrogens (tertiary/aromatic N) is 3. The number of carbonyl (C=O) groups excluding carboxylic acids is 1. The number of hydrogen-bond acceptors (Lipinski definition) is 5. The summed E-state index contributed by atoms with van der Waals surface area (Å²) in [6.07, 6.45) is 5.28. The number of hydrogen-bond donors (Lipinski definition) is 2. The molecule has 0 radical (unpaired) electrons. The molecule has 2 N–H and O–H groups in total. The predicted octanol–water partition coefficient (Wildman–Crippen LogP) is 2.31. The molecule has 3 aromatic heterocycles. The molecule has 3 aromatic rings. The third-order valence-corrected chi connectivity index (χ3v) is 5.51. The third kappa shape index (κ3) is 2.52. The van der Waals surface area contributed by atoms with Crippen molar-refractivity contribution in [3.63, 3.8) is 0 Å². The van der Waals surface area contributed by atoms with Gasteiger partial charge in [0.15, 0.2) is 0 Å². The number of aromatic amines is 1. The normalized spacial score (nSPS) is 14.2. The minimum atomic E-state index is -0.258. The second-order valence-corrected chi connectivity index (χ2v) is 7.36. The lowest BCUT2D eigenvalue weighted by atomic mass is 10.2. The fourth-order valence-electron chi connectivity index (χ4n) is 2.81. The lowest BCUT2D eigenvalue weighted by molar-refractivity contribution is -0.116. The standard InChI is InChI=1S/C16H17N5O2S/c1-8-9(2)24-15-13(8)16(23)21(7-17-15)6-12(22)19-11-5-18-20-14(11)10-3-4-10/h5,7,10H,3-4,6H2,1-2H3,(H,18,20)(H,19,22). The number of H-pyrrole nitrogens is 1. The summed E-state index contributed by atoms with van der Waals surface area (Å²) in [4.78, 5) is 31.0. The van der Waals surface area contributed by atoms with Crippen LogP contribution in [0.25, 0.3) is 10.2 Å². The zero-order valence-electron chi connectivity index (χ0n) is 13.4. The van der Waals surface area contributed by atoms with Crippen LogP contribution in [0.1, 0.15) is 34.9 Å². The molecule has 1 aliphatic carbocycles. The van der Waals surface area contributed by atoms with Gasteiger partial charge in [-0.3, -0.25) is 19.3 Å². The van der Waals surface area contributed by atoms with Crippen molar-refractivity contribution in [2.75, 3.05) is 5.32 Å². The highest BCUT2D eigenvalue weighted by Crippen LogP contribution is 2.42. The first-order chi connectivity index (χ1) is 11.5. The van der Waals surface area contributed by atoms with Crippen LogP contribution in [0.2, 0.25) is 0 Å². The first-order valence-electron chi connectivity index (χ1n) is 7.83. The highest BCUT2D eigenvalue weighted by molar-refractivity contribution is 7.18. The van der Waals surface area contributed by atoms with Crippen LogP contribution in [0.15, 0.2) is 17.3 Å². The summed E-state index contributed by atoms with van der Waals surface area (Å²) in [6.45, 7) is 3.82. The number of amides is 1. The van der Waals surface area contributed by atoms with E-state index >= 15 is 0 Å². The van der Waals surface area contributed by atoms with E-state index in [1.165, 1.54) is 22.2 Å². The molecule has 1 amide bonds. The molecule has 4 rings (SSSR count). The second-order valence-electron chi connectivity index (χ2n) is 6.16. The van der Waals surface area contributed by atoms with Crippen LogP contribution < -0.4 is 10.9 Å². The molecule has 0 saturated heterocycles. The summed E-state index contributed by atoms with van der Waals surface area (Å²) < 4.78 is 1.35. The third-order valence-electron chi connectivity index (χ3n) is 4.40. The first kappa shape index (κ1) is 15.1. The monoisotopic (exact) mass is 343 g/mol. The number of aryl methyl sites for hydroxylation is 2. The Balaban J connectivity index is 1.58. The van der Waals surface area contributed by atoms with Gasteiger partial charge in [0.2, 0.25) is 5.91 Å². The van der Waals surface area contributed by atoms with E-state index in [1.54, 1.807) is 6.20 Å². The Hall–Kier alpha value is -2.48. The molecule has 0 bridgehead atoms. The summed E-state index contributed by atoms with van der Waals surface area (Å²) >= 11 is 1.50. The number of rotatable bonds is 4. The summed E-state index contributed by atoms with van der Waals surface area (Å²) in [6, 6.07) is 0. The van der Waals surface area contributed by atoms with Gasteiger partial charge in [-0.15, -0.1) is 11.3 Å². The van der Waals surface area contributed by atoms with E-state index in [1.807, 2.05) is 13.8 Å². The Labute approximate surface area is 141 Å². The van der Waals surface area contributed by atoms with Crippen LogP contribution >= 0.6 is 11.3 Å². The molecule has 7 nitrogen and oxygen atoms in total. The average molecular weight is 343 g/mol. The number of carbonyl (C=O) groups is 1. The number of anilines is 1. The summed E-state index contributed by atoms with van der Waals surface area (Å²) in [5.74, 6) is 0.200. The molecule has 8 heteroatoms. The van der Waals surface area contributed by atoms with E-state index in [0.717, 1.165) is 33.8 Å². The molecule has 1 saturated carbocycles. The van der Waals surface area contributed by atoms with E-state index < -0.39 is 0 Å². The van der Waals surface area contributed by atoms with Gasteiger partial charge in [-0.05, 0) is 32.3 Å². The van der Waals surface area contributed by atoms with E-state index in [9.17, 15) is 9.59 Å². The largest absolute Gasteiger partial charge is 0.322 e. The van der Waals surface area contributed by atoms with Gasteiger partial charge in [0.1, 0.15) is 11.4 Å². The Kier molecular flexibility index (Phi) is 3.49. The quantitative estimate of drug-likeness (QED) is 0.760. The molecule has 3 heterocycles. The predicted molar refractivity (Wildman–Crippen MR) is 92.5 cm³/mol. The molecule has 1 fully saturated rings. The number of nitrogens with one attached hydrogen (secondary N) is 2. The van der Waals surface area contributed by atoms with Crippen molar-refractivity contribution in [1.82, 2.24) is 19.7 Å². The molecular weight excluding hydrogens is 326 g/mol. The topological polar surface area (TPSA) is 92.7 Å². The molecule has 0 atom stereocenters. The Bertz CT molecular complexity index is 996. The smallest absolute Gasteiger partial charge is 0.262 e. The van der Waals surface area contributed by atoms with Crippen molar-refractivity contribution < 1.29 is 4.79 Å². The minimum absolute atomic E-state index is 0.0641. The molecule has 24 heavy (non-hydrogen) atoms. The van der Waals surface area contributed by atoms with Crippen LogP contribution in [-0.4, -0.2) is 25.7 Å². The highest BCUT2D eigenvalue weighted by Gasteiger charge is 2.28. The van der Waals surface area contributed by atoms with Crippen molar-refractivity contribution >= 4 is 33.1 Å². The lowest BCUT2D eigenvalue weighted by Crippen LogP contribution is -2.28. The lowest BCUT2D eigenvalue weighted by Gasteiger charge is -2.07. The number of fused-ring (bicyclic) bond motifs is 1. The number of thiophene rings is 1. The van der Waals surface area contributed by atoms with Gasteiger partial charge in [-0.1, -0.05) is 0 Å². The van der Waals surface area contributed by atoms with E-state index in [2.05, 4.69) is 20.5 Å². The van der Waals surface area contributed by atoms with Crippen LogP contribution in [0.4, 0.5) is 5.69 Å². The molecular formula is C16H17N5O2S. The van der Waals surface area contributed by atoms with Crippen LogP contribution in [-0.2, 0) is 11.3 Å². The maximum absolute atomic E-state index is 12.6. The zero-order chi connectivity index (χ0) is 16.8. The zero-order valence-corrected chi connectivity index (χ0v) is 14.2. The second kappa shape index (κ2) is 5.55.